The standard InChI is InChI=1S/C15H9ClN4O3S/c16-10-6-7-11(12(8-10)20(22)23)14(21)18-15-17-13(19-24-15)9-4-2-1-3-5-9/h1-8H,(H,17,18,19,21). The number of nitrogens with zero attached hydrogens (tertiary/aromatic N) is 3. The van der Waals surface area contributed by atoms with Crippen LogP contribution in [0.5, 0.6) is 0 Å². The second kappa shape index (κ2) is 6.73. The summed E-state index contributed by atoms with van der Waals surface area (Å²) < 4.78 is 4.17. The molecular formula is C15H9ClN4O3S. The number of amides is 1. The van der Waals surface area contributed by atoms with Crippen LogP contribution in [-0.4, -0.2) is 20.2 Å². The first kappa shape index (κ1) is 16.0. The minimum atomic E-state index is -0.656. The van der Waals surface area contributed by atoms with E-state index < -0.39 is 10.8 Å². The Bertz CT molecular complexity index is 914. The number of carbonyl (C=O) groups excluding carboxylic acids is 1. The van der Waals surface area contributed by atoms with E-state index in [1.807, 2.05) is 30.3 Å². The van der Waals surface area contributed by atoms with Gasteiger partial charge in [-0.15, -0.1) is 0 Å². The van der Waals surface area contributed by atoms with Crippen LogP contribution in [0.4, 0.5) is 10.8 Å². The number of rotatable bonds is 4. The molecule has 0 aliphatic rings. The van der Waals surface area contributed by atoms with Crippen LogP contribution < -0.4 is 5.32 Å². The van der Waals surface area contributed by atoms with Gasteiger partial charge in [-0.1, -0.05) is 41.9 Å². The fourth-order valence-electron chi connectivity index (χ4n) is 1.99. The predicted molar refractivity (Wildman–Crippen MR) is 91.4 cm³/mol. The van der Waals surface area contributed by atoms with Gasteiger partial charge in [0.05, 0.1) is 4.92 Å². The number of nitro groups is 1. The van der Waals surface area contributed by atoms with E-state index in [9.17, 15) is 14.9 Å². The van der Waals surface area contributed by atoms with Gasteiger partial charge in [-0.3, -0.25) is 20.2 Å². The zero-order chi connectivity index (χ0) is 17.1. The molecule has 1 N–H and O–H groups in total. The maximum atomic E-state index is 12.3. The molecule has 0 unspecified atom stereocenters. The summed E-state index contributed by atoms with van der Waals surface area (Å²) in [7, 11) is 0. The quantitative estimate of drug-likeness (QED) is 0.559. The van der Waals surface area contributed by atoms with Crippen molar-refractivity contribution >= 4 is 39.9 Å². The number of nitrogens with one attached hydrogen (secondary N) is 1. The van der Waals surface area contributed by atoms with Gasteiger partial charge in [0.2, 0.25) is 5.13 Å². The van der Waals surface area contributed by atoms with E-state index >= 15 is 0 Å². The molecule has 0 saturated heterocycles. The van der Waals surface area contributed by atoms with Gasteiger partial charge < -0.3 is 0 Å². The fourth-order valence-corrected chi connectivity index (χ4v) is 2.74. The third kappa shape index (κ3) is 3.39. The Labute approximate surface area is 145 Å². The first-order chi connectivity index (χ1) is 11.5. The highest BCUT2D eigenvalue weighted by Crippen LogP contribution is 2.25. The lowest BCUT2D eigenvalue weighted by Crippen LogP contribution is -2.13. The lowest BCUT2D eigenvalue weighted by atomic mass is 10.1. The molecule has 2 aromatic carbocycles. The van der Waals surface area contributed by atoms with Crippen molar-refractivity contribution in [3.8, 4) is 11.4 Å². The second-order valence-corrected chi connectivity index (χ2v) is 5.85. The van der Waals surface area contributed by atoms with Gasteiger partial charge in [0.1, 0.15) is 5.56 Å². The summed E-state index contributed by atoms with van der Waals surface area (Å²) in [6, 6.07) is 13.1. The van der Waals surface area contributed by atoms with E-state index in [4.69, 9.17) is 11.6 Å². The lowest BCUT2D eigenvalue weighted by molar-refractivity contribution is -0.385. The summed E-state index contributed by atoms with van der Waals surface area (Å²) in [4.78, 5) is 26.9. The summed E-state index contributed by atoms with van der Waals surface area (Å²) in [6.07, 6.45) is 0. The van der Waals surface area contributed by atoms with Crippen molar-refractivity contribution < 1.29 is 9.72 Å². The maximum Gasteiger partial charge on any atom is 0.283 e. The highest BCUT2D eigenvalue weighted by molar-refractivity contribution is 7.10. The largest absolute Gasteiger partial charge is 0.296 e. The summed E-state index contributed by atoms with van der Waals surface area (Å²) in [5, 5.41) is 14.0. The molecule has 120 valence electrons. The average Bonchev–Trinajstić information content (AvgIpc) is 3.04. The number of anilines is 1. The molecule has 0 aliphatic heterocycles. The molecule has 0 saturated carbocycles. The number of nitro benzene ring substituents is 1. The summed E-state index contributed by atoms with van der Waals surface area (Å²) in [6.45, 7) is 0. The van der Waals surface area contributed by atoms with E-state index in [2.05, 4.69) is 14.7 Å². The minimum absolute atomic E-state index is 0.0964. The van der Waals surface area contributed by atoms with Gasteiger partial charge in [0.25, 0.3) is 11.6 Å². The Hall–Kier alpha value is -2.84. The second-order valence-electron chi connectivity index (χ2n) is 4.66. The first-order valence-corrected chi connectivity index (χ1v) is 7.84. The van der Waals surface area contributed by atoms with Crippen LogP contribution in [0.2, 0.25) is 5.02 Å². The number of halogens is 1. The van der Waals surface area contributed by atoms with Crippen LogP contribution in [-0.2, 0) is 0 Å². The lowest BCUT2D eigenvalue weighted by Gasteiger charge is -2.03. The van der Waals surface area contributed by atoms with Crippen molar-refractivity contribution in [3.05, 3.63) is 69.2 Å². The highest BCUT2D eigenvalue weighted by Gasteiger charge is 2.21. The molecule has 9 heteroatoms. The van der Waals surface area contributed by atoms with Crippen molar-refractivity contribution in [2.45, 2.75) is 0 Å². The van der Waals surface area contributed by atoms with Gasteiger partial charge in [0, 0.05) is 28.2 Å². The smallest absolute Gasteiger partial charge is 0.283 e. The highest BCUT2D eigenvalue weighted by atomic mass is 35.5. The SMILES string of the molecule is O=C(Nc1nc(-c2ccccc2)ns1)c1ccc(Cl)cc1[N+](=O)[O-]. The summed E-state index contributed by atoms with van der Waals surface area (Å²) in [5.41, 5.74) is 0.348. The zero-order valence-electron chi connectivity index (χ0n) is 12.0. The number of hydrogen-bond donors (Lipinski definition) is 1. The van der Waals surface area contributed by atoms with E-state index in [-0.39, 0.29) is 21.4 Å². The van der Waals surface area contributed by atoms with E-state index in [0.717, 1.165) is 23.2 Å². The molecule has 0 radical (unpaired) electrons. The monoisotopic (exact) mass is 360 g/mol. The van der Waals surface area contributed by atoms with Crippen LogP contribution >= 0.6 is 23.1 Å². The maximum absolute atomic E-state index is 12.3. The van der Waals surface area contributed by atoms with Crippen LogP contribution in [0, 0.1) is 10.1 Å². The molecular weight excluding hydrogens is 352 g/mol. The van der Waals surface area contributed by atoms with E-state index in [1.165, 1.54) is 12.1 Å². The van der Waals surface area contributed by atoms with Crippen molar-refractivity contribution in [1.82, 2.24) is 9.36 Å². The van der Waals surface area contributed by atoms with Crippen molar-refractivity contribution in [2.75, 3.05) is 5.32 Å². The predicted octanol–water partition coefficient (Wildman–Crippen LogP) is 4.02. The molecule has 0 bridgehead atoms. The van der Waals surface area contributed by atoms with Gasteiger partial charge in [-0.05, 0) is 12.1 Å². The normalized spacial score (nSPS) is 10.4. The first-order valence-electron chi connectivity index (χ1n) is 6.69. The molecule has 1 amide bonds. The van der Waals surface area contributed by atoms with Gasteiger partial charge in [-0.25, -0.2) is 0 Å². The zero-order valence-corrected chi connectivity index (χ0v) is 13.5. The van der Waals surface area contributed by atoms with Crippen molar-refractivity contribution in [3.63, 3.8) is 0 Å². The number of benzene rings is 2. The minimum Gasteiger partial charge on any atom is -0.296 e. The van der Waals surface area contributed by atoms with Gasteiger partial charge >= 0.3 is 0 Å². The third-order valence-electron chi connectivity index (χ3n) is 3.08. The van der Waals surface area contributed by atoms with E-state index in [1.54, 1.807) is 0 Å². The molecule has 0 aliphatic carbocycles. The van der Waals surface area contributed by atoms with Crippen molar-refractivity contribution in [2.24, 2.45) is 0 Å². The number of aromatic nitrogens is 2. The molecule has 1 aromatic heterocycles. The topological polar surface area (TPSA) is 98.0 Å². The molecule has 24 heavy (non-hydrogen) atoms. The van der Waals surface area contributed by atoms with Crippen LogP contribution in [0.1, 0.15) is 10.4 Å². The van der Waals surface area contributed by atoms with Crippen molar-refractivity contribution in [1.29, 1.82) is 0 Å². The Morgan fingerprint density at radius 1 is 1.21 bits per heavy atom. The van der Waals surface area contributed by atoms with Gasteiger partial charge in [0.15, 0.2) is 5.82 Å². The molecule has 0 atom stereocenters. The van der Waals surface area contributed by atoms with Crippen LogP contribution in [0.25, 0.3) is 11.4 Å². The molecule has 7 nitrogen and oxygen atoms in total. The van der Waals surface area contributed by atoms with Gasteiger partial charge in [-0.2, -0.15) is 9.36 Å². The Morgan fingerprint density at radius 3 is 2.67 bits per heavy atom. The molecule has 3 rings (SSSR count). The molecule has 3 aromatic rings. The number of carbonyl (C=O) groups is 1. The summed E-state index contributed by atoms with van der Waals surface area (Å²) >= 11 is 6.74. The fraction of sp³-hybridized carbons (Fsp3) is 0. The summed E-state index contributed by atoms with van der Waals surface area (Å²) in [5.74, 6) is -0.171. The Morgan fingerprint density at radius 2 is 1.96 bits per heavy atom. The van der Waals surface area contributed by atoms with E-state index in [0.29, 0.717) is 5.82 Å². The number of hydrogen-bond acceptors (Lipinski definition) is 6. The average molecular weight is 361 g/mol. The Kier molecular flexibility index (Phi) is 4.50. The molecule has 0 spiro atoms. The molecule has 1 heterocycles. The van der Waals surface area contributed by atoms with Crippen LogP contribution in [0.3, 0.4) is 0 Å². The Balaban J connectivity index is 1.84. The molecule has 0 fully saturated rings. The van der Waals surface area contributed by atoms with Crippen LogP contribution in [0.15, 0.2) is 48.5 Å². The third-order valence-corrected chi connectivity index (χ3v) is 3.95.